The van der Waals surface area contributed by atoms with Crippen molar-refractivity contribution in [1.82, 2.24) is 9.88 Å². The maximum atomic E-state index is 12.2. The third kappa shape index (κ3) is 4.63. The monoisotopic (exact) mass is 344 g/mol. The summed E-state index contributed by atoms with van der Waals surface area (Å²) in [7, 11) is 2.03. The van der Waals surface area contributed by atoms with Gasteiger partial charge in [-0.3, -0.25) is 4.79 Å². The van der Waals surface area contributed by atoms with Crippen LogP contribution >= 0.6 is 0 Å². The first-order chi connectivity index (χ1) is 12.2. The molecule has 1 aromatic rings. The molecule has 0 amide bonds. The number of esters is 1. The molecule has 2 heterocycles. The minimum atomic E-state index is -0.135. The summed E-state index contributed by atoms with van der Waals surface area (Å²) in [5.41, 5.74) is 2.45. The summed E-state index contributed by atoms with van der Waals surface area (Å²) in [6.45, 7) is 7.46. The molecule has 25 heavy (non-hydrogen) atoms. The van der Waals surface area contributed by atoms with Gasteiger partial charge in [0.25, 0.3) is 0 Å². The highest BCUT2D eigenvalue weighted by atomic mass is 16.5. The van der Waals surface area contributed by atoms with Crippen LogP contribution in [0.2, 0.25) is 0 Å². The van der Waals surface area contributed by atoms with Crippen molar-refractivity contribution in [3.63, 3.8) is 0 Å². The van der Waals surface area contributed by atoms with Gasteiger partial charge in [0.15, 0.2) is 0 Å². The van der Waals surface area contributed by atoms with Crippen LogP contribution in [0, 0.1) is 0 Å². The fourth-order valence-corrected chi connectivity index (χ4v) is 3.55. The molecule has 0 spiro atoms. The zero-order chi connectivity index (χ0) is 18.2. The van der Waals surface area contributed by atoms with E-state index in [1.807, 2.05) is 27.0 Å². The van der Waals surface area contributed by atoms with E-state index in [0.29, 0.717) is 19.1 Å². The second-order valence-electron chi connectivity index (χ2n) is 6.53. The number of likely N-dealkylation sites (N-methyl/N-ethyl adjacent to an activating group) is 1. The zero-order valence-corrected chi connectivity index (χ0v) is 16.1. The number of aromatic nitrogens is 1. The molecule has 4 heteroatoms. The average molecular weight is 344 g/mol. The Bertz CT molecular complexity index is 728. The summed E-state index contributed by atoms with van der Waals surface area (Å²) in [5, 5.41) is 5.86. The highest BCUT2D eigenvalue weighted by Gasteiger charge is 2.24. The van der Waals surface area contributed by atoms with E-state index in [-0.39, 0.29) is 5.97 Å². The molecule has 0 saturated heterocycles. The Labute approximate surface area is 151 Å². The highest BCUT2D eigenvalue weighted by Crippen LogP contribution is 2.17. The molecule has 2 rings (SSSR count). The number of nitrogens with one attached hydrogen (secondary N) is 1. The van der Waals surface area contributed by atoms with Crippen molar-refractivity contribution in [3.8, 4) is 0 Å². The molecule has 0 saturated carbocycles. The number of allylic oxidation sites excluding steroid dienone is 2. The fraction of sp³-hybridized carbons (Fsp3) is 0.571. The molecule has 4 nitrogen and oxygen atoms in total. The topological polar surface area (TPSA) is 43.3 Å². The second kappa shape index (κ2) is 9.62. The molecule has 1 N–H and O–H groups in total. The summed E-state index contributed by atoms with van der Waals surface area (Å²) in [6.07, 6.45) is 13.2. The summed E-state index contributed by atoms with van der Waals surface area (Å²) >= 11 is 0. The lowest BCUT2D eigenvalue weighted by atomic mass is 10.0. The summed E-state index contributed by atoms with van der Waals surface area (Å²) in [4.78, 5) is 12.2. The minimum Gasteiger partial charge on any atom is -0.466 e. The highest BCUT2D eigenvalue weighted by molar-refractivity contribution is 5.73. The number of ether oxygens (including phenoxy) is 1. The molecule has 0 aromatic carbocycles. The van der Waals surface area contributed by atoms with Crippen molar-refractivity contribution in [2.45, 2.75) is 65.5 Å². The molecule has 1 aromatic heterocycles. The van der Waals surface area contributed by atoms with E-state index < -0.39 is 0 Å². The van der Waals surface area contributed by atoms with Gasteiger partial charge in [-0.1, -0.05) is 37.6 Å². The summed E-state index contributed by atoms with van der Waals surface area (Å²) < 4.78 is 7.65. The Hall–Kier alpha value is -1.81. The number of hydrogen-bond acceptors (Lipinski definition) is 3. The van der Waals surface area contributed by atoms with Crippen molar-refractivity contribution in [1.29, 1.82) is 0 Å². The van der Waals surface area contributed by atoms with Crippen LogP contribution < -0.4 is 15.9 Å². The smallest absolute Gasteiger partial charge is 0.310 e. The predicted molar refractivity (Wildman–Crippen MR) is 104 cm³/mol. The van der Waals surface area contributed by atoms with Crippen LogP contribution in [0.1, 0.15) is 51.3 Å². The summed E-state index contributed by atoms with van der Waals surface area (Å²) in [5.74, 6) is -0.135. The van der Waals surface area contributed by atoms with Crippen molar-refractivity contribution < 1.29 is 9.53 Å². The maximum Gasteiger partial charge on any atom is 0.310 e. The van der Waals surface area contributed by atoms with Gasteiger partial charge in [0.1, 0.15) is 0 Å². The van der Waals surface area contributed by atoms with Crippen LogP contribution in [0.15, 0.2) is 12.2 Å². The van der Waals surface area contributed by atoms with E-state index in [1.165, 1.54) is 16.3 Å². The van der Waals surface area contributed by atoms with E-state index in [2.05, 4.69) is 35.0 Å². The molecule has 0 aliphatic carbocycles. The number of nitrogens with zero attached hydrogens (tertiary/aromatic N) is 1. The van der Waals surface area contributed by atoms with Gasteiger partial charge < -0.3 is 14.6 Å². The van der Waals surface area contributed by atoms with E-state index in [0.717, 1.165) is 37.8 Å². The Morgan fingerprint density at radius 1 is 1.40 bits per heavy atom. The third-order valence-electron chi connectivity index (χ3n) is 4.81. The summed E-state index contributed by atoms with van der Waals surface area (Å²) in [6, 6.07) is 0.485. The molecule has 1 unspecified atom stereocenters. The van der Waals surface area contributed by atoms with Gasteiger partial charge in [0.05, 0.1) is 13.0 Å². The van der Waals surface area contributed by atoms with E-state index in [9.17, 15) is 4.79 Å². The average Bonchev–Trinajstić information content (AvgIpc) is 2.90. The quantitative estimate of drug-likeness (QED) is 0.770. The fourth-order valence-electron chi connectivity index (χ4n) is 3.55. The molecular weight excluding hydrogens is 312 g/mol. The first-order valence-electron chi connectivity index (χ1n) is 9.52. The van der Waals surface area contributed by atoms with Crippen LogP contribution in [0.5, 0.6) is 0 Å². The first-order valence-corrected chi connectivity index (χ1v) is 9.52. The van der Waals surface area contributed by atoms with Gasteiger partial charge >= 0.3 is 5.97 Å². The second-order valence-corrected chi connectivity index (χ2v) is 6.53. The van der Waals surface area contributed by atoms with E-state index in [1.54, 1.807) is 0 Å². The lowest BCUT2D eigenvalue weighted by Gasteiger charge is -2.25. The van der Waals surface area contributed by atoms with E-state index in [4.69, 9.17) is 4.74 Å². The van der Waals surface area contributed by atoms with Crippen molar-refractivity contribution in [2.24, 2.45) is 0 Å². The number of carbonyl (C=O) groups excluding carboxylic acids is 1. The first kappa shape index (κ1) is 19.5. The molecule has 138 valence electrons. The van der Waals surface area contributed by atoms with Gasteiger partial charge in [-0.05, 0) is 45.7 Å². The lowest BCUT2D eigenvalue weighted by Crippen LogP contribution is -2.40. The molecule has 1 aliphatic rings. The third-order valence-corrected chi connectivity index (χ3v) is 4.81. The predicted octanol–water partition coefficient (Wildman–Crippen LogP) is 2.07. The molecule has 1 atom stereocenters. The van der Waals surface area contributed by atoms with Crippen molar-refractivity contribution >= 4 is 18.1 Å². The van der Waals surface area contributed by atoms with Gasteiger partial charge in [0.2, 0.25) is 0 Å². The molecule has 0 bridgehead atoms. The Morgan fingerprint density at radius 2 is 2.20 bits per heavy atom. The van der Waals surface area contributed by atoms with Gasteiger partial charge in [0, 0.05) is 28.8 Å². The molecule has 1 aliphatic heterocycles. The number of unbranched alkanes of at least 4 members (excludes halogenated alkanes) is 1. The van der Waals surface area contributed by atoms with Crippen LogP contribution in [0.4, 0.5) is 0 Å². The van der Waals surface area contributed by atoms with Crippen molar-refractivity contribution in [3.05, 3.63) is 34.0 Å². The van der Waals surface area contributed by atoms with Gasteiger partial charge in [-0.25, -0.2) is 0 Å². The number of hydrogen-bond donors (Lipinski definition) is 1. The number of fused-ring (bicyclic) bond motifs is 1. The SMILES string of the molecule is C\C=C/C=c1/c(CC(=O)OCC)c2n(/c1=C\CCC)CC(NC)CC2. The largest absolute Gasteiger partial charge is 0.466 e. The Balaban J connectivity index is 2.64. The Kier molecular flexibility index (Phi) is 7.51. The normalized spacial score (nSPS) is 18.8. The number of rotatable bonds is 7. The molecule has 0 fully saturated rings. The molecule has 0 radical (unpaired) electrons. The van der Waals surface area contributed by atoms with Crippen LogP contribution in [0.25, 0.3) is 12.2 Å². The zero-order valence-electron chi connectivity index (χ0n) is 16.1. The Morgan fingerprint density at radius 3 is 2.84 bits per heavy atom. The minimum absolute atomic E-state index is 0.135. The van der Waals surface area contributed by atoms with Crippen LogP contribution in [0.3, 0.4) is 0 Å². The van der Waals surface area contributed by atoms with Crippen LogP contribution in [-0.2, 0) is 28.9 Å². The number of carbonyl (C=O) groups is 1. The van der Waals surface area contributed by atoms with Crippen molar-refractivity contribution in [2.75, 3.05) is 13.7 Å². The lowest BCUT2D eigenvalue weighted by molar-refractivity contribution is -0.142. The van der Waals surface area contributed by atoms with Crippen LogP contribution in [-0.4, -0.2) is 30.2 Å². The maximum absolute atomic E-state index is 12.2. The molecular formula is C21H32N2O2. The van der Waals surface area contributed by atoms with Gasteiger partial charge in [-0.2, -0.15) is 0 Å². The van der Waals surface area contributed by atoms with E-state index >= 15 is 0 Å². The standard InChI is InChI=1S/C21H32N2O2/c1-5-8-10-17-18(14-21(24)25-7-3)20-13-12-16(22-4)15-23(20)19(17)11-9-6-2/h5,8,10-11,16,22H,6-7,9,12-15H2,1-4H3/b8-5-,17-10-,19-11-. The van der Waals surface area contributed by atoms with Gasteiger partial charge in [-0.15, -0.1) is 0 Å².